The highest BCUT2D eigenvalue weighted by atomic mass is 32.2. The molecule has 0 aromatic carbocycles. The lowest BCUT2D eigenvalue weighted by molar-refractivity contribution is 0.134. The van der Waals surface area contributed by atoms with Gasteiger partial charge in [0.1, 0.15) is 0 Å². The Morgan fingerprint density at radius 3 is 3.00 bits per heavy atom. The van der Waals surface area contributed by atoms with Gasteiger partial charge in [0.15, 0.2) is 0 Å². The molecule has 2 unspecified atom stereocenters. The average Bonchev–Trinajstić information content (AvgIpc) is 2.52. The van der Waals surface area contributed by atoms with Gasteiger partial charge >= 0.3 is 0 Å². The molecule has 1 aliphatic heterocycles. The van der Waals surface area contributed by atoms with E-state index < -0.39 is 0 Å². The molecule has 3 heteroatoms. The molecule has 0 bridgehead atoms. The van der Waals surface area contributed by atoms with Crippen LogP contribution in [0.2, 0.25) is 0 Å². The number of aliphatic hydroxyl groups excluding tert-OH is 1. The van der Waals surface area contributed by atoms with E-state index in [1.165, 1.54) is 38.1 Å². The van der Waals surface area contributed by atoms with Gasteiger partial charge in [0.05, 0.1) is 6.10 Å². The lowest BCUT2D eigenvalue weighted by Gasteiger charge is -2.25. The van der Waals surface area contributed by atoms with Gasteiger partial charge in [0, 0.05) is 6.04 Å². The number of nitrogens with zero attached hydrogens (tertiary/aromatic N) is 1. The number of rotatable bonds is 6. The molecule has 0 aromatic rings. The van der Waals surface area contributed by atoms with Crippen LogP contribution in [0.25, 0.3) is 0 Å². The van der Waals surface area contributed by atoms with Crippen LogP contribution in [-0.4, -0.2) is 47.3 Å². The number of thioether (sulfide) groups is 1. The molecule has 1 aliphatic rings. The van der Waals surface area contributed by atoms with Gasteiger partial charge in [-0.2, -0.15) is 11.8 Å². The summed E-state index contributed by atoms with van der Waals surface area (Å²) in [5.41, 5.74) is 0. The fraction of sp³-hybridized carbons (Fsp3) is 1.00. The molecule has 1 fully saturated rings. The van der Waals surface area contributed by atoms with E-state index in [0.29, 0.717) is 6.04 Å². The minimum Gasteiger partial charge on any atom is -0.393 e. The average molecular weight is 217 g/mol. The summed E-state index contributed by atoms with van der Waals surface area (Å²) in [4.78, 5) is 2.56. The summed E-state index contributed by atoms with van der Waals surface area (Å²) in [6.07, 6.45) is 6.87. The molecule has 0 aliphatic carbocycles. The molecule has 0 aromatic heterocycles. The maximum Gasteiger partial charge on any atom is 0.0527 e. The molecule has 0 amide bonds. The highest BCUT2D eigenvalue weighted by Crippen LogP contribution is 2.21. The van der Waals surface area contributed by atoms with Gasteiger partial charge in [-0.3, -0.25) is 0 Å². The van der Waals surface area contributed by atoms with Crippen LogP contribution in [0, 0.1) is 0 Å². The van der Waals surface area contributed by atoms with Crippen molar-refractivity contribution in [3.05, 3.63) is 0 Å². The quantitative estimate of drug-likeness (QED) is 0.688. The third-order valence-corrected chi connectivity index (χ3v) is 3.60. The van der Waals surface area contributed by atoms with Gasteiger partial charge in [-0.25, -0.2) is 0 Å². The molecule has 2 nitrogen and oxygen atoms in total. The van der Waals surface area contributed by atoms with Gasteiger partial charge < -0.3 is 10.0 Å². The number of hydrogen-bond acceptors (Lipinski definition) is 3. The molecule has 84 valence electrons. The van der Waals surface area contributed by atoms with Gasteiger partial charge in [-0.1, -0.05) is 0 Å². The Labute approximate surface area is 92.1 Å². The van der Waals surface area contributed by atoms with Gasteiger partial charge in [-0.15, -0.1) is 0 Å². The number of aliphatic hydroxyl groups is 1. The first-order valence-electron chi connectivity index (χ1n) is 5.65. The normalized spacial score (nSPS) is 25.5. The van der Waals surface area contributed by atoms with E-state index in [0.717, 1.165) is 6.42 Å². The highest BCUT2D eigenvalue weighted by Gasteiger charge is 2.24. The van der Waals surface area contributed by atoms with Crippen molar-refractivity contribution in [2.45, 2.75) is 44.8 Å². The standard InChI is InChI=1S/C11H23NOS/c1-10(13)9-11-5-3-6-12(11)7-4-8-14-2/h10-11,13H,3-9H2,1-2H3. The largest absolute Gasteiger partial charge is 0.393 e. The minimum atomic E-state index is -0.138. The zero-order valence-corrected chi connectivity index (χ0v) is 10.2. The van der Waals surface area contributed by atoms with Crippen molar-refractivity contribution < 1.29 is 5.11 Å². The van der Waals surface area contributed by atoms with E-state index >= 15 is 0 Å². The van der Waals surface area contributed by atoms with Crippen molar-refractivity contribution in [2.24, 2.45) is 0 Å². The summed E-state index contributed by atoms with van der Waals surface area (Å²) < 4.78 is 0. The smallest absolute Gasteiger partial charge is 0.0527 e. The van der Waals surface area contributed by atoms with Crippen LogP contribution in [-0.2, 0) is 0 Å². The molecular weight excluding hydrogens is 194 g/mol. The van der Waals surface area contributed by atoms with Crippen molar-refractivity contribution in [1.29, 1.82) is 0 Å². The minimum absolute atomic E-state index is 0.138. The summed E-state index contributed by atoms with van der Waals surface area (Å²) in [5.74, 6) is 1.26. The molecule has 1 rings (SSSR count). The Balaban J connectivity index is 2.21. The predicted octanol–water partition coefficient (Wildman–Crippen LogP) is 1.97. The molecule has 0 radical (unpaired) electrons. The fourth-order valence-corrected chi connectivity index (χ4v) is 2.68. The Kier molecular flexibility index (Phi) is 5.90. The maximum absolute atomic E-state index is 9.37. The van der Waals surface area contributed by atoms with E-state index in [1.807, 2.05) is 18.7 Å². The third-order valence-electron chi connectivity index (χ3n) is 2.91. The van der Waals surface area contributed by atoms with Crippen LogP contribution in [0.5, 0.6) is 0 Å². The Morgan fingerprint density at radius 1 is 1.57 bits per heavy atom. The molecule has 1 heterocycles. The summed E-state index contributed by atoms with van der Waals surface area (Å²) in [7, 11) is 0. The first-order valence-corrected chi connectivity index (χ1v) is 7.04. The van der Waals surface area contributed by atoms with Crippen molar-refractivity contribution in [3.63, 3.8) is 0 Å². The van der Waals surface area contributed by atoms with E-state index in [-0.39, 0.29) is 6.10 Å². The zero-order valence-electron chi connectivity index (χ0n) is 9.41. The van der Waals surface area contributed by atoms with Crippen molar-refractivity contribution in [3.8, 4) is 0 Å². The lowest BCUT2D eigenvalue weighted by Crippen LogP contribution is -2.32. The summed E-state index contributed by atoms with van der Waals surface area (Å²) in [6.45, 7) is 4.36. The van der Waals surface area contributed by atoms with Crippen LogP contribution in [0.1, 0.15) is 32.6 Å². The van der Waals surface area contributed by atoms with Gasteiger partial charge in [0.2, 0.25) is 0 Å². The Bertz CT molecular complexity index is 152. The molecule has 0 saturated carbocycles. The second-order valence-corrected chi connectivity index (χ2v) is 5.25. The van der Waals surface area contributed by atoms with E-state index in [9.17, 15) is 5.11 Å². The molecule has 2 atom stereocenters. The van der Waals surface area contributed by atoms with Crippen LogP contribution >= 0.6 is 11.8 Å². The van der Waals surface area contributed by atoms with Gasteiger partial charge in [-0.05, 0) is 57.7 Å². The first-order chi connectivity index (χ1) is 6.74. The SMILES string of the molecule is CSCCCN1CCCC1CC(C)O. The Hall–Kier alpha value is 0.270. The molecule has 1 saturated heterocycles. The summed E-state index contributed by atoms with van der Waals surface area (Å²) in [5, 5.41) is 9.37. The second kappa shape index (κ2) is 6.70. The van der Waals surface area contributed by atoms with E-state index in [2.05, 4.69) is 11.2 Å². The van der Waals surface area contributed by atoms with Crippen LogP contribution < -0.4 is 0 Å². The summed E-state index contributed by atoms with van der Waals surface area (Å²) >= 11 is 1.92. The number of likely N-dealkylation sites (tertiary alicyclic amines) is 1. The number of hydrogen-bond donors (Lipinski definition) is 1. The lowest BCUT2D eigenvalue weighted by atomic mass is 10.1. The van der Waals surface area contributed by atoms with Crippen LogP contribution in [0.15, 0.2) is 0 Å². The second-order valence-electron chi connectivity index (χ2n) is 4.26. The molecule has 1 N–H and O–H groups in total. The monoisotopic (exact) mass is 217 g/mol. The topological polar surface area (TPSA) is 23.5 Å². The van der Waals surface area contributed by atoms with Crippen molar-refractivity contribution in [1.82, 2.24) is 4.90 Å². The van der Waals surface area contributed by atoms with Gasteiger partial charge in [0.25, 0.3) is 0 Å². The zero-order chi connectivity index (χ0) is 10.4. The van der Waals surface area contributed by atoms with Crippen LogP contribution in [0.4, 0.5) is 0 Å². The van der Waals surface area contributed by atoms with Crippen molar-refractivity contribution in [2.75, 3.05) is 25.1 Å². The first kappa shape index (κ1) is 12.3. The van der Waals surface area contributed by atoms with Crippen LogP contribution in [0.3, 0.4) is 0 Å². The molecule has 14 heavy (non-hydrogen) atoms. The predicted molar refractivity (Wildman–Crippen MR) is 63.9 cm³/mol. The van der Waals surface area contributed by atoms with E-state index in [1.54, 1.807) is 0 Å². The third kappa shape index (κ3) is 4.20. The Morgan fingerprint density at radius 2 is 2.36 bits per heavy atom. The highest BCUT2D eigenvalue weighted by molar-refractivity contribution is 7.98. The van der Waals surface area contributed by atoms with E-state index in [4.69, 9.17) is 0 Å². The maximum atomic E-state index is 9.37. The summed E-state index contributed by atoms with van der Waals surface area (Å²) in [6, 6.07) is 0.650. The fourth-order valence-electron chi connectivity index (χ4n) is 2.26. The molecular formula is C11H23NOS. The molecule has 0 spiro atoms. The van der Waals surface area contributed by atoms with Crippen molar-refractivity contribution >= 4 is 11.8 Å².